The quantitative estimate of drug-likeness (QED) is 0.860. The van der Waals surface area contributed by atoms with Crippen molar-refractivity contribution in [2.45, 2.75) is 6.10 Å². The summed E-state index contributed by atoms with van der Waals surface area (Å²) in [7, 11) is 0. The van der Waals surface area contributed by atoms with Crippen molar-refractivity contribution in [2.24, 2.45) is 0 Å². The Morgan fingerprint density at radius 2 is 2.14 bits per heavy atom. The summed E-state index contributed by atoms with van der Waals surface area (Å²) in [4.78, 5) is 14.1. The maximum Gasteiger partial charge on any atom is 0.254 e. The number of aliphatic hydroxyl groups is 1. The van der Waals surface area contributed by atoms with Crippen LogP contribution in [0.5, 0.6) is 0 Å². The van der Waals surface area contributed by atoms with Crippen LogP contribution in [0.2, 0.25) is 0 Å². The maximum atomic E-state index is 12.4. The summed E-state index contributed by atoms with van der Waals surface area (Å²) in [5, 5.41) is 16.5. The van der Waals surface area contributed by atoms with Gasteiger partial charge in [0.25, 0.3) is 5.91 Å². The first kappa shape index (κ1) is 13.8. The predicted octanol–water partition coefficient (Wildman–Crippen LogP) is 0.910. The van der Waals surface area contributed by atoms with Crippen LogP contribution in [-0.4, -0.2) is 58.5 Å². The van der Waals surface area contributed by atoms with Crippen molar-refractivity contribution in [1.29, 1.82) is 0 Å². The van der Waals surface area contributed by atoms with Crippen LogP contribution in [0.1, 0.15) is 10.4 Å². The second kappa shape index (κ2) is 6.07. The normalized spacial score (nSPS) is 19.3. The zero-order valence-electron chi connectivity index (χ0n) is 11.5. The van der Waals surface area contributed by atoms with E-state index in [0.717, 1.165) is 11.3 Å². The molecule has 1 saturated heterocycles. The van der Waals surface area contributed by atoms with E-state index in [0.29, 0.717) is 25.3 Å². The summed E-state index contributed by atoms with van der Waals surface area (Å²) in [6.45, 7) is 1.54. The Morgan fingerprint density at radius 1 is 1.33 bits per heavy atom. The van der Waals surface area contributed by atoms with Gasteiger partial charge in [-0.2, -0.15) is 5.10 Å². The third kappa shape index (κ3) is 3.12. The molecule has 3 rings (SSSR count). The molecule has 2 heterocycles. The number of β-amino-alcohol motifs (C(OH)–C–C–N with tert-alkyl or cyclic N) is 1. The number of carbonyl (C=O) groups excluding carboxylic acids is 1. The summed E-state index contributed by atoms with van der Waals surface area (Å²) >= 11 is 0. The molecule has 0 spiro atoms. The van der Waals surface area contributed by atoms with Crippen LogP contribution in [0.4, 0.5) is 0 Å². The summed E-state index contributed by atoms with van der Waals surface area (Å²) in [6, 6.07) is 9.21. The molecule has 1 aromatic carbocycles. The minimum Gasteiger partial charge on any atom is -0.389 e. The van der Waals surface area contributed by atoms with Gasteiger partial charge in [0, 0.05) is 24.8 Å². The molecule has 110 valence electrons. The van der Waals surface area contributed by atoms with Crippen LogP contribution in [0.15, 0.2) is 36.5 Å². The molecule has 1 fully saturated rings. The molecule has 1 atom stereocenters. The molecule has 0 unspecified atom stereocenters. The number of H-pyrrole nitrogens is 1. The lowest BCUT2D eigenvalue weighted by Crippen LogP contribution is -2.37. The van der Waals surface area contributed by atoms with E-state index in [4.69, 9.17) is 4.74 Å². The number of aromatic amines is 1. The van der Waals surface area contributed by atoms with E-state index < -0.39 is 6.10 Å². The number of aromatic nitrogens is 2. The maximum absolute atomic E-state index is 12.4. The third-order valence-corrected chi connectivity index (χ3v) is 3.48. The summed E-state index contributed by atoms with van der Waals surface area (Å²) < 4.78 is 5.24. The van der Waals surface area contributed by atoms with Crippen molar-refractivity contribution in [3.05, 3.63) is 42.1 Å². The van der Waals surface area contributed by atoms with Crippen molar-refractivity contribution in [3.63, 3.8) is 0 Å². The topological polar surface area (TPSA) is 78.5 Å². The molecule has 1 aromatic heterocycles. The lowest BCUT2D eigenvalue weighted by molar-refractivity contribution is 0.0534. The molecule has 1 aliphatic heterocycles. The Morgan fingerprint density at radius 3 is 2.86 bits per heavy atom. The number of hydrogen-bond donors (Lipinski definition) is 2. The minimum atomic E-state index is -0.624. The number of ether oxygens (including phenoxy) is 1. The van der Waals surface area contributed by atoms with Gasteiger partial charge >= 0.3 is 0 Å². The average molecular weight is 287 g/mol. The zero-order chi connectivity index (χ0) is 14.7. The molecule has 2 aromatic rings. The Kier molecular flexibility index (Phi) is 3.98. The second-order valence-electron chi connectivity index (χ2n) is 5.03. The highest BCUT2D eigenvalue weighted by atomic mass is 16.5. The first-order chi connectivity index (χ1) is 10.2. The van der Waals surface area contributed by atoms with Crippen LogP contribution < -0.4 is 0 Å². The number of amides is 1. The monoisotopic (exact) mass is 287 g/mol. The fourth-order valence-corrected chi connectivity index (χ4v) is 2.37. The number of aliphatic hydroxyl groups excluding tert-OH is 1. The molecule has 1 aliphatic rings. The SMILES string of the molecule is O=C(c1ccc(-c2ccn[nH]2)cc1)N1CCOC[C@@H](O)C1. The molecular formula is C15H17N3O3. The first-order valence-electron chi connectivity index (χ1n) is 6.89. The van der Waals surface area contributed by atoms with Crippen molar-refractivity contribution in [1.82, 2.24) is 15.1 Å². The number of nitrogens with one attached hydrogen (secondary N) is 1. The molecular weight excluding hydrogens is 270 g/mol. The molecule has 0 aliphatic carbocycles. The largest absolute Gasteiger partial charge is 0.389 e. The lowest BCUT2D eigenvalue weighted by atomic mass is 10.1. The van der Waals surface area contributed by atoms with Gasteiger partial charge in [-0.05, 0) is 23.8 Å². The number of rotatable bonds is 2. The van der Waals surface area contributed by atoms with E-state index in [-0.39, 0.29) is 12.5 Å². The summed E-state index contributed by atoms with van der Waals surface area (Å²) in [5.74, 6) is -0.0873. The number of hydrogen-bond acceptors (Lipinski definition) is 4. The molecule has 2 N–H and O–H groups in total. The van der Waals surface area contributed by atoms with E-state index in [9.17, 15) is 9.90 Å². The van der Waals surface area contributed by atoms with Gasteiger partial charge in [-0.15, -0.1) is 0 Å². The molecule has 0 saturated carbocycles. The van der Waals surface area contributed by atoms with Crippen LogP contribution in [0.3, 0.4) is 0 Å². The second-order valence-corrected chi connectivity index (χ2v) is 5.03. The van der Waals surface area contributed by atoms with Crippen LogP contribution in [0, 0.1) is 0 Å². The van der Waals surface area contributed by atoms with Gasteiger partial charge in [-0.3, -0.25) is 9.89 Å². The number of carbonyl (C=O) groups is 1. The average Bonchev–Trinajstić information content (AvgIpc) is 2.96. The molecule has 0 radical (unpaired) electrons. The van der Waals surface area contributed by atoms with Gasteiger partial charge in [0.15, 0.2) is 0 Å². The standard InChI is InChI=1S/C15H17N3O3/c19-13-9-18(7-8-21-10-13)15(20)12-3-1-11(2-4-12)14-5-6-16-17-14/h1-6,13,19H,7-10H2,(H,16,17)/t13-/m0/s1. The van der Waals surface area contributed by atoms with Gasteiger partial charge in [-0.25, -0.2) is 0 Å². The smallest absolute Gasteiger partial charge is 0.254 e. The van der Waals surface area contributed by atoms with E-state index in [1.165, 1.54) is 0 Å². The molecule has 1 amide bonds. The predicted molar refractivity (Wildman–Crippen MR) is 76.8 cm³/mol. The lowest BCUT2D eigenvalue weighted by Gasteiger charge is -2.21. The fraction of sp³-hybridized carbons (Fsp3) is 0.333. The fourth-order valence-electron chi connectivity index (χ4n) is 2.37. The number of nitrogens with zero attached hydrogens (tertiary/aromatic N) is 2. The minimum absolute atomic E-state index is 0.0873. The Bertz CT molecular complexity index is 595. The van der Waals surface area contributed by atoms with Crippen LogP contribution in [0.25, 0.3) is 11.3 Å². The van der Waals surface area contributed by atoms with Crippen molar-refractivity contribution in [2.75, 3.05) is 26.3 Å². The Balaban J connectivity index is 1.75. The zero-order valence-corrected chi connectivity index (χ0v) is 11.5. The summed E-state index contributed by atoms with van der Waals surface area (Å²) in [6.07, 6.45) is 1.06. The molecule has 6 nitrogen and oxygen atoms in total. The first-order valence-corrected chi connectivity index (χ1v) is 6.89. The molecule has 21 heavy (non-hydrogen) atoms. The Hall–Kier alpha value is -2.18. The van der Waals surface area contributed by atoms with E-state index in [2.05, 4.69) is 10.2 Å². The van der Waals surface area contributed by atoms with Gasteiger partial charge in [0.05, 0.1) is 25.0 Å². The van der Waals surface area contributed by atoms with Gasteiger partial charge in [0.2, 0.25) is 0 Å². The van der Waals surface area contributed by atoms with Crippen LogP contribution in [-0.2, 0) is 4.74 Å². The van der Waals surface area contributed by atoms with E-state index in [1.807, 2.05) is 18.2 Å². The highest BCUT2D eigenvalue weighted by Gasteiger charge is 2.21. The van der Waals surface area contributed by atoms with E-state index in [1.54, 1.807) is 23.2 Å². The van der Waals surface area contributed by atoms with Crippen molar-refractivity contribution in [3.8, 4) is 11.3 Å². The van der Waals surface area contributed by atoms with Crippen molar-refractivity contribution >= 4 is 5.91 Å². The molecule has 0 bridgehead atoms. The number of benzene rings is 1. The van der Waals surface area contributed by atoms with E-state index >= 15 is 0 Å². The third-order valence-electron chi connectivity index (χ3n) is 3.48. The molecule has 6 heteroatoms. The van der Waals surface area contributed by atoms with Crippen molar-refractivity contribution < 1.29 is 14.6 Å². The van der Waals surface area contributed by atoms with Gasteiger partial charge < -0.3 is 14.7 Å². The van der Waals surface area contributed by atoms with Gasteiger partial charge in [-0.1, -0.05) is 12.1 Å². The van der Waals surface area contributed by atoms with Gasteiger partial charge in [0.1, 0.15) is 0 Å². The van der Waals surface area contributed by atoms with Crippen LogP contribution >= 0.6 is 0 Å². The summed E-state index contributed by atoms with van der Waals surface area (Å²) in [5.41, 5.74) is 2.49. The Labute approximate surface area is 122 Å². The highest BCUT2D eigenvalue weighted by Crippen LogP contribution is 2.17. The highest BCUT2D eigenvalue weighted by molar-refractivity contribution is 5.94.